The Kier molecular flexibility index (Phi) is 3.65. The summed E-state index contributed by atoms with van der Waals surface area (Å²) in [6.45, 7) is 0.636. The highest BCUT2D eigenvalue weighted by Crippen LogP contribution is 2.21. The number of benzene rings is 2. The molecule has 0 saturated heterocycles. The Morgan fingerprint density at radius 3 is 2.35 bits per heavy atom. The molecule has 0 bridgehead atoms. The molecular formula is C16H12BrFN2. The summed E-state index contributed by atoms with van der Waals surface area (Å²) in [7, 11) is 0. The number of rotatable bonds is 3. The fraction of sp³-hybridized carbons (Fsp3) is 0.0625. The predicted molar refractivity (Wildman–Crippen MR) is 80.9 cm³/mol. The van der Waals surface area contributed by atoms with Gasteiger partial charge >= 0.3 is 0 Å². The SMILES string of the molecule is Fc1ccc(Cn2cc(-c3ccc(Br)cc3)cn2)cc1. The van der Waals surface area contributed by atoms with E-state index in [1.54, 1.807) is 12.1 Å². The van der Waals surface area contributed by atoms with Crippen LogP contribution in [-0.4, -0.2) is 9.78 Å². The summed E-state index contributed by atoms with van der Waals surface area (Å²) in [4.78, 5) is 0. The van der Waals surface area contributed by atoms with E-state index in [-0.39, 0.29) is 5.82 Å². The van der Waals surface area contributed by atoms with Gasteiger partial charge in [-0.3, -0.25) is 4.68 Å². The monoisotopic (exact) mass is 330 g/mol. The average molecular weight is 331 g/mol. The standard InChI is InChI=1S/C16H12BrFN2/c17-15-5-3-13(4-6-15)14-9-19-20(11-14)10-12-1-7-16(18)8-2-12/h1-9,11H,10H2. The quantitative estimate of drug-likeness (QED) is 0.691. The van der Waals surface area contributed by atoms with Crippen molar-refractivity contribution < 1.29 is 4.39 Å². The van der Waals surface area contributed by atoms with Crippen molar-refractivity contribution in [2.75, 3.05) is 0 Å². The molecule has 100 valence electrons. The van der Waals surface area contributed by atoms with Crippen LogP contribution in [0.25, 0.3) is 11.1 Å². The molecule has 0 unspecified atom stereocenters. The Hall–Kier alpha value is -1.94. The van der Waals surface area contributed by atoms with Gasteiger partial charge in [-0.25, -0.2) is 4.39 Å². The highest BCUT2D eigenvalue weighted by molar-refractivity contribution is 9.10. The number of hydrogen-bond acceptors (Lipinski definition) is 1. The molecule has 1 heterocycles. The van der Waals surface area contributed by atoms with Crippen LogP contribution in [0.3, 0.4) is 0 Å². The molecule has 0 N–H and O–H groups in total. The van der Waals surface area contributed by atoms with Crippen LogP contribution in [0.2, 0.25) is 0 Å². The van der Waals surface area contributed by atoms with Crippen LogP contribution in [-0.2, 0) is 6.54 Å². The molecule has 3 aromatic rings. The highest BCUT2D eigenvalue weighted by atomic mass is 79.9. The van der Waals surface area contributed by atoms with Crippen LogP contribution in [0.15, 0.2) is 65.4 Å². The van der Waals surface area contributed by atoms with Gasteiger partial charge in [-0.05, 0) is 35.4 Å². The van der Waals surface area contributed by atoms with Gasteiger partial charge in [-0.15, -0.1) is 0 Å². The summed E-state index contributed by atoms with van der Waals surface area (Å²) < 4.78 is 15.8. The van der Waals surface area contributed by atoms with E-state index in [0.29, 0.717) is 6.54 Å². The van der Waals surface area contributed by atoms with Crippen LogP contribution >= 0.6 is 15.9 Å². The van der Waals surface area contributed by atoms with Crippen LogP contribution in [0.5, 0.6) is 0 Å². The maximum atomic E-state index is 12.9. The van der Waals surface area contributed by atoms with Gasteiger partial charge in [0.2, 0.25) is 0 Å². The van der Waals surface area contributed by atoms with Gasteiger partial charge in [0.15, 0.2) is 0 Å². The molecule has 0 radical (unpaired) electrons. The van der Waals surface area contributed by atoms with Crippen LogP contribution in [0, 0.1) is 5.82 Å². The van der Waals surface area contributed by atoms with E-state index in [0.717, 1.165) is 21.2 Å². The Labute approximate surface area is 125 Å². The van der Waals surface area contributed by atoms with Crippen molar-refractivity contribution in [3.05, 3.63) is 76.8 Å². The minimum absolute atomic E-state index is 0.218. The number of hydrogen-bond donors (Lipinski definition) is 0. The molecule has 0 atom stereocenters. The van der Waals surface area contributed by atoms with Gasteiger partial charge in [0.05, 0.1) is 12.7 Å². The van der Waals surface area contributed by atoms with Gasteiger partial charge in [0, 0.05) is 16.2 Å². The second-order valence-corrected chi connectivity index (χ2v) is 5.48. The number of nitrogens with zero attached hydrogens (tertiary/aromatic N) is 2. The number of halogens is 2. The van der Waals surface area contributed by atoms with Crippen molar-refractivity contribution in [2.24, 2.45) is 0 Å². The largest absolute Gasteiger partial charge is 0.268 e. The van der Waals surface area contributed by atoms with E-state index in [4.69, 9.17) is 0 Å². The summed E-state index contributed by atoms with van der Waals surface area (Å²) >= 11 is 3.42. The fourth-order valence-corrected chi connectivity index (χ4v) is 2.28. The molecule has 0 amide bonds. The zero-order chi connectivity index (χ0) is 13.9. The maximum absolute atomic E-state index is 12.9. The average Bonchev–Trinajstić information content (AvgIpc) is 2.91. The lowest BCUT2D eigenvalue weighted by Crippen LogP contribution is -1.99. The van der Waals surface area contributed by atoms with Gasteiger partial charge in [0.1, 0.15) is 5.82 Å². The van der Waals surface area contributed by atoms with Gasteiger partial charge < -0.3 is 0 Å². The molecule has 0 aliphatic heterocycles. The lowest BCUT2D eigenvalue weighted by atomic mass is 10.1. The first-order valence-electron chi connectivity index (χ1n) is 6.23. The Balaban J connectivity index is 1.80. The highest BCUT2D eigenvalue weighted by Gasteiger charge is 2.02. The van der Waals surface area contributed by atoms with Crippen molar-refractivity contribution in [3.63, 3.8) is 0 Å². The van der Waals surface area contributed by atoms with Crippen LogP contribution in [0.4, 0.5) is 4.39 Å². The molecule has 0 aliphatic carbocycles. The molecule has 3 rings (SSSR count). The summed E-state index contributed by atoms with van der Waals surface area (Å²) in [5, 5.41) is 4.34. The Morgan fingerprint density at radius 1 is 0.950 bits per heavy atom. The minimum atomic E-state index is -0.218. The molecule has 1 aromatic heterocycles. The van der Waals surface area contributed by atoms with Crippen molar-refractivity contribution in [3.8, 4) is 11.1 Å². The molecule has 0 fully saturated rings. The van der Waals surface area contributed by atoms with Crippen molar-refractivity contribution >= 4 is 15.9 Å². The third-order valence-corrected chi connectivity index (χ3v) is 3.60. The van der Waals surface area contributed by atoms with Crippen molar-refractivity contribution in [1.82, 2.24) is 9.78 Å². The van der Waals surface area contributed by atoms with E-state index in [2.05, 4.69) is 21.0 Å². The fourth-order valence-electron chi connectivity index (χ4n) is 2.02. The predicted octanol–water partition coefficient (Wildman–Crippen LogP) is 4.50. The molecule has 2 nitrogen and oxygen atoms in total. The lowest BCUT2D eigenvalue weighted by Gasteiger charge is -2.01. The zero-order valence-corrected chi connectivity index (χ0v) is 12.2. The number of aromatic nitrogens is 2. The Morgan fingerprint density at radius 2 is 1.65 bits per heavy atom. The summed E-state index contributed by atoms with van der Waals surface area (Å²) in [6.07, 6.45) is 3.83. The van der Waals surface area contributed by atoms with Gasteiger partial charge in [-0.1, -0.05) is 40.2 Å². The van der Waals surface area contributed by atoms with E-state index in [9.17, 15) is 4.39 Å². The van der Waals surface area contributed by atoms with Crippen molar-refractivity contribution in [2.45, 2.75) is 6.54 Å². The maximum Gasteiger partial charge on any atom is 0.123 e. The molecule has 20 heavy (non-hydrogen) atoms. The normalized spacial score (nSPS) is 10.7. The molecule has 4 heteroatoms. The molecule has 0 spiro atoms. The van der Waals surface area contributed by atoms with Gasteiger partial charge in [0.25, 0.3) is 0 Å². The summed E-state index contributed by atoms with van der Waals surface area (Å²) in [5.41, 5.74) is 3.22. The van der Waals surface area contributed by atoms with Crippen LogP contribution in [0.1, 0.15) is 5.56 Å². The smallest absolute Gasteiger partial charge is 0.123 e. The summed E-state index contributed by atoms with van der Waals surface area (Å²) in [6, 6.07) is 14.6. The topological polar surface area (TPSA) is 17.8 Å². The van der Waals surface area contributed by atoms with E-state index < -0.39 is 0 Å². The van der Waals surface area contributed by atoms with E-state index in [1.807, 2.05) is 41.3 Å². The Bertz CT molecular complexity index is 702. The van der Waals surface area contributed by atoms with E-state index >= 15 is 0 Å². The first-order valence-corrected chi connectivity index (χ1v) is 7.03. The van der Waals surface area contributed by atoms with Crippen LogP contribution < -0.4 is 0 Å². The first-order chi connectivity index (χ1) is 9.70. The molecule has 0 aliphatic rings. The minimum Gasteiger partial charge on any atom is -0.268 e. The van der Waals surface area contributed by atoms with E-state index in [1.165, 1.54) is 12.1 Å². The second kappa shape index (κ2) is 5.59. The first kappa shape index (κ1) is 13.1. The van der Waals surface area contributed by atoms with Crippen molar-refractivity contribution in [1.29, 1.82) is 0 Å². The van der Waals surface area contributed by atoms with Gasteiger partial charge in [-0.2, -0.15) is 5.10 Å². The molecular weight excluding hydrogens is 319 g/mol. The summed E-state index contributed by atoms with van der Waals surface area (Å²) in [5.74, 6) is -0.218. The third-order valence-electron chi connectivity index (χ3n) is 3.07. The molecule has 2 aromatic carbocycles. The molecule has 0 saturated carbocycles. The third kappa shape index (κ3) is 2.96. The lowest BCUT2D eigenvalue weighted by molar-refractivity contribution is 0.624. The zero-order valence-electron chi connectivity index (χ0n) is 10.6. The second-order valence-electron chi connectivity index (χ2n) is 4.56.